The molecule has 6 heteroatoms. The van der Waals surface area contributed by atoms with Crippen LogP contribution in [0.2, 0.25) is 0 Å². The minimum atomic E-state index is -3.17. The van der Waals surface area contributed by atoms with Gasteiger partial charge in [-0.1, -0.05) is 0 Å². The van der Waals surface area contributed by atoms with E-state index in [1.807, 2.05) is 0 Å². The van der Waals surface area contributed by atoms with E-state index in [9.17, 15) is 13.6 Å². The molecule has 0 aromatic rings. The van der Waals surface area contributed by atoms with Crippen LogP contribution in [0.1, 0.15) is 26.2 Å². The summed E-state index contributed by atoms with van der Waals surface area (Å²) in [5.74, 6) is -3.31. The zero-order chi connectivity index (χ0) is 12.9. The van der Waals surface area contributed by atoms with Gasteiger partial charge < -0.3 is 15.3 Å². The van der Waals surface area contributed by atoms with E-state index in [2.05, 4.69) is 5.32 Å². The van der Waals surface area contributed by atoms with Crippen LogP contribution in [-0.2, 0) is 4.79 Å². The third-order valence-corrected chi connectivity index (χ3v) is 2.94. The second-order valence-electron chi connectivity index (χ2n) is 4.50. The summed E-state index contributed by atoms with van der Waals surface area (Å²) in [5, 5.41) is 10.9. The number of alkyl halides is 2. The number of likely N-dealkylation sites (tertiary alicyclic amines) is 1. The van der Waals surface area contributed by atoms with Crippen LogP contribution in [0, 0.1) is 0 Å². The molecule has 1 heterocycles. The molecular formula is C11H20F2N2O2. The van der Waals surface area contributed by atoms with Gasteiger partial charge in [0.15, 0.2) is 0 Å². The Morgan fingerprint density at radius 3 is 2.53 bits per heavy atom. The van der Waals surface area contributed by atoms with Crippen LogP contribution in [0.3, 0.4) is 0 Å². The number of hydrogen-bond acceptors (Lipinski definition) is 3. The van der Waals surface area contributed by atoms with Crippen molar-refractivity contribution in [1.29, 1.82) is 0 Å². The van der Waals surface area contributed by atoms with Crippen molar-refractivity contribution >= 4 is 5.91 Å². The van der Waals surface area contributed by atoms with Crippen molar-refractivity contribution in [3.05, 3.63) is 0 Å². The van der Waals surface area contributed by atoms with Gasteiger partial charge in [-0.25, -0.2) is 8.78 Å². The van der Waals surface area contributed by atoms with Crippen molar-refractivity contribution in [3.8, 4) is 0 Å². The molecule has 2 N–H and O–H groups in total. The van der Waals surface area contributed by atoms with Gasteiger partial charge in [0.1, 0.15) is 6.61 Å². The number of rotatable bonds is 5. The lowest BCUT2D eigenvalue weighted by Gasteiger charge is -2.30. The lowest BCUT2D eigenvalue weighted by atomic mass is 10.1. The van der Waals surface area contributed by atoms with Gasteiger partial charge in [0.25, 0.3) is 5.92 Å². The van der Waals surface area contributed by atoms with Gasteiger partial charge in [0.2, 0.25) is 5.91 Å². The summed E-state index contributed by atoms with van der Waals surface area (Å²) in [6.45, 7) is 1.11. The van der Waals surface area contributed by atoms with Crippen molar-refractivity contribution in [2.45, 2.75) is 38.2 Å². The fourth-order valence-corrected chi connectivity index (χ4v) is 1.83. The lowest BCUT2D eigenvalue weighted by molar-refractivity contribution is -0.134. The van der Waals surface area contributed by atoms with E-state index in [-0.39, 0.29) is 5.91 Å². The molecule has 1 aliphatic rings. The fraction of sp³-hybridized carbons (Fsp3) is 0.909. The third kappa shape index (κ3) is 4.55. The Morgan fingerprint density at radius 1 is 1.41 bits per heavy atom. The molecule has 0 aromatic heterocycles. The van der Waals surface area contributed by atoms with E-state index < -0.39 is 25.1 Å². The monoisotopic (exact) mass is 250 g/mol. The molecule has 0 aromatic carbocycles. The Hall–Kier alpha value is -0.750. The highest BCUT2D eigenvalue weighted by Gasteiger charge is 2.30. The number of carbonyl (C=O) groups is 1. The summed E-state index contributed by atoms with van der Waals surface area (Å²) >= 11 is 0. The summed E-state index contributed by atoms with van der Waals surface area (Å²) < 4.78 is 25.6. The Balaban J connectivity index is 2.36. The minimum Gasteiger partial charge on any atom is -0.390 e. The first-order valence-electron chi connectivity index (χ1n) is 5.97. The average Bonchev–Trinajstić information content (AvgIpc) is 2.36. The van der Waals surface area contributed by atoms with Gasteiger partial charge in [0.05, 0.1) is 12.6 Å². The zero-order valence-corrected chi connectivity index (χ0v) is 10.1. The molecular weight excluding hydrogens is 230 g/mol. The number of carbonyl (C=O) groups excluding carboxylic acids is 1. The maximum Gasteiger partial charge on any atom is 0.282 e. The van der Waals surface area contributed by atoms with E-state index in [4.69, 9.17) is 5.11 Å². The lowest BCUT2D eigenvalue weighted by Crippen LogP contribution is -2.50. The molecule has 0 radical (unpaired) electrons. The van der Waals surface area contributed by atoms with Crippen LogP contribution >= 0.6 is 0 Å². The number of aliphatic hydroxyl groups excluding tert-OH is 1. The van der Waals surface area contributed by atoms with Crippen molar-refractivity contribution in [3.63, 3.8) is 0 Å². The molecule has 100 valence electrons. The molecule has 1 rings (SSSR count). The molecule has 1 atom stereocenters. The first kappa shape index (κ1) is 14.3. The maximum atomic E-state index is 12.8. The number of nitrogens with one attached hydrogen (secondary N) is 1. The quantitative estimate of drug-likeness (QED) is 0.751. The SMILES string of the molecule is CC(NCC(F)(F)CO)C(=O)N1CCCCC1. The van der Waals surface area contributed by atoms with Crippen molar-refractivity contribution in [2.75, 3.05) is 26.2 Å². The predicted molar refractivity (Wildman–Crippen MR) is 59.9 cm³/mol. The number of amides is 1. The predicted octanol–water partition coefficient (Wildman–Crippen LogP) is 0.605. The summed E-state index contributed by atoms with van der Waals surface area (Å²) in [6.07, 6.45) is 3.07. The summed E-state index contributed by atoms with van der Waals surface area (Å²) in [4.78, 5) is 13.6. The van der Waals surface area contributed by atoms with Gasteiger partial charge in [-0.3, -0.25) is 4.79 Å². The van der Waals surface area contributed by atoms with Crippen LogP contribution in [0.15, 0.2) is 0 Å². The molecule has 1 amide bonds. The van der Waals surface area contributed by atoms with Crippen molar-refractivity contribution < 1.29 is 18.7 Å². The van der Waals surface area contributed by atoms with E-state index in [1.165, 1.54) is 0 Å². The molecule has 0 aliphatic carbocycles. The number of halogens is 2. The van der Waals surface area contributed by atoms with Crippen LogP contribution in [0.25, 0.3) is 0 Å². The second-order valence-corrected chi connectivity index (χ2v) is 4.50. The first-order chi connectivity index (χ1) is 7.96. The second kappa shape index (κ2) is 6.26. The number of hydrogen-bond donors (Lipinski definition) is 2. The van der Waals surface area contributed by atoms with Gasteiger partial charge in [-0.2, -0.15) is 0 Å². The molecule has 1 saturated heterocycles. The van der Waals surface area contributed by atoms with E-state index in [0.29, 0.717) is 13.1 Å². The fourth-order valence-electron chi connectivity index (χ4n) is 1.83. The van der Waals surface area contributed by atoms with Crippen LogP contribution in [0.5, 0.6) is 0 Å². The van der Waals surface area contributed by atoms with Crippen LogP contribution in [0.4, 0.5) is 8.78 Å². The average molecular weight is 250 g/mol. The molecule has 1 aliphatic heterocycles. The number of aliphatic hydroxyl groups is 1. The van der Waals surface area contributed by atoms with Gasteiger partial charge in [-0.15, -0.1) is 0 Å². The van der Waals surface area contributed by atoms with E-state index in [1.54, 1.807) is 11.8 Å². The first-order valence-corrected chi connectivity index (χ1v) is 5.97. The molecule has 17 heavy (non-hydrogen) atoms. The summed E-state index contributed by atoms with van der Waals surface area (Å²) in [7, 11) is 0. The molecule has 1 fully saturated rings. The molecule has 0 spiro atoms. The summed E-state index contributed by atoms with van der Waals surface area (Å²) in [5.41, 5.74) is 0. The Kier molecular flexibility index (Phi) is 5.27. The largest absolute Gasteiger partial charge is 0.390 e. The normalized spacial score (nSPS) is 19.2. The van der Waals surface area contributed by atoms with Crippen molar-refractivity contribution in [1.82, 2.24) is 10.2 Å². The van der Waals surface area contributed by atoms with E-state index in [0.717, 1.165) is 19.3 Å². The highest BCUT2D eigenvalue weighted by molar-refractivity contribution is 5.81. The third-order valence-electron chi connectivity index (χ3n) is 2.94. The van der Waals surface area contributed by atoms with Crippen LogP contribution in [-0.4, -0.2) is 54.1 Å². The highest BCUT2D eigenvalue weighted by Crippen LogP contribution is 2.12. The topological polar surface area (TPSA) is 52.6 Å². The van der Waals surface area contributed by atoms with Gasteiger partial charge >= 0.3 is 0 Å². The zero-order valence-electron chi connectivity index (χ0n) is 10.1. The Morgan fingerprint density at radius 2 is 2.00 bits per heavy atom. The number of nitrogens with zero attached hydrogens (tertiary/aromatic N) is 1. The summed E-state index contributed by atoms with van der Waals surface area (Å²) in [6, 6.07) is -0.634. The maximum absolute atomic E-state index is 12.8. The smallest absolute Gasteiger partial charge is 0.282 e. The van der Waals surface area contributed by atoms with E-state index >= 15 is 0 Å². The number of piperidine rings is 1. The van der Waals surface area contributed by atoms with Crippen molar-refractivity contribution in [2.24, 2.45) is 0 Å². The Bertz CT molecular complexity index is 256. The van der Waals surface area contributed by atoms with Gasteiger partial charge in [0, 0.05) is 13.1 Å². The molecule has 0 saturated carbocycles. The van der Waals surface area contributed by atoms with Gasteiger partial charge in [-0.05, 0) is 26.2 Å². The minimum absolute atomic E-state index is 0.140. The highest BCUT2D eigenvalue weighted by atomic mass is 19.3. The Labute approximate surface area is 100.0 Å². The molecule has 0 bridgehead atoms. The standard InChI is InChI=1S/C11H20F2N2O2/c1-9(14-7-11(12,13)8-16)10(17)15-5-3-2-4-6-15/h9,14,16H,2-8H2,1H3. The molecule has 4 nitrogen and oxygen atoms in total. The molecule has 1 unspecified atom stereocenters. The van der Waals surface area contributed by atoms with Crippen LogP contribution < -0.4 is 5.32 Å².